The minimum Gasteiger partial charge on any atom is -0.372 e. The molecule has 1 aliphatic heterocycles. The zero-order chi connectivity index (χ0) is 16.1. The number of nitrogens with one attached hydrogen (secondary N) is 2. The third-order valence-electron chi connectivity index (χ3n) is 3.93. The monoisotopic (exact) mass is 314 g/mol. The molecule has 0 atom stereocenters. The first kappa shape index (κ1) is 15.4. The number of nitrogens with zero attached hydrogens (tertiary/aromatic N) is 2. The predicted molar refractivity (Wildman–Crippen MR) is 90.9 cm³/mol. The van der Waals surface area contributed by atoms with Crippen molar-refractivity contribution in [3.05, 3.63) is 36.1 Å². The molecule has 122 valence electrons. The van der Waals surface area contributed by atoms with Crippen LogP contribution in [0.4, 0.5) is 17.2 Å². The summed E-state index contributed by atoms with van der Waals surface area (Å²) in [7, 11) is 0. The van der Waals surface area contributed by atoms with Crippen LogP contribution in [0.15, 0.2) is 34.9 Å². The molecule has 0 bridgehead atoms. The van der Waals surface area contributed by atoms with Crippen LogP contribution < -0.4 is 15.5 Å². The highest BCUT2D eigenvalue weighted by Gasteiger charge is 2.11. The maximum Gasteiger partial charge on any atom is 0.243 e. The van der Waals surface area contributed by atoms with Gasteiger partial charge in [0.15, 0.2) is 5.82 Å². The van der Waals surface area contributed by atoms with Crippen molar-refractivity contribution in [1.29, 1.82) is 0 Å². The van der Waals surface area contributed by atoms with Crippen molar-refractivity contribution in [2.45, 2.75) is 26.2 Å². The molecular formula is C17H22N4O2. The Morgan fingerprint density at radius 2 is 1.96 bits per heavy atom. The molecule has 23 heavy (non-hydrogen) atoms. The predicted octanol–water partition coefficient (Wildman–Crippen LogP) is 3.02. The van der Waals surface area contributed by atoms with Crippen LogP contribution >= 0.6 is 0 Å². The quantitative estimate of drug-likeness (QED) is 0.887. The van der Waals surface area contributed by atoms with Gasteiger partial charge in [-0.2, -0.15) is 0 Å². The zero-order valence-electron chi connectivity index (χ0n) is 13.3. The Hall–Kier alpha value is -2.50. The topological polar surface area (TPSA) is 70.4 Å². The molecule has 6 heteroatoms. The molecule has 1 aromatic carbocycles. The minimum atomic E-state index is -0.114. The lowest BCUT2D eigenvalue weighted by Crippen LogP contribution is -2.29. The molecule has 0 radical (unpaired) electrons. The van der Waals surface area contributed by atoms with Gasteiger partial charge in [-0.3, -0.25) is 4.79 Å². The number of hydrogen-bond donors (Lipinski definition) is 2. The van der Waals surface area contributed by atoms with Gasteiger partial charge in [0.2, 0.25) is 5.91 Å². The largest absolute Gasteiger partial charge is 0.372 e. The second-order valence-electron chi connectivity index (χ2n) is 5.82. The van der Waals surface area contributed by atoms with Gasteiger partial charge in [-0.1, -0.05) is 5.16 Å². The van der Waals surface area contributed by atoms with E-state index < -0.39 is 0 Å². The third-order valence-corrected chi connectivity index (χ3v) is 3.93. The lowest BCUT2D eigenvalue weighted by molar-refractivity contribution is -0.114. The van der Waals surface area contributed by atoms with Crippen molar-refractivity contribution in [2.24, 2.45) is 0 Å². The van der Waals surface area contributed by atoms with Crippen LogP contribution in [0.25, 0.3) is 0 Å². The maximum atomic E-state index is 11.9. The molecule has 1 fully saturated rings. The van der Waals surface area contributed by atoms with Crippen LogP contribution in [0.3, 0.4) is 0 Å². The van der Waals surface area contributed by atoms with Crippen molar-refractivity contribution in [1.82, 2.24) is 5.16 Å². The van der Waals surface area contributed by atoms with E-state index in [0.717, 1.165) is 18.8 Å². The van der Waals surface area contributed by atoms with E-state index in [4.69, 9.17) is 4.52 Å². The Kier molecular flexibility index (Phi) is 4.80. The highest BCUT2D eigenvalue weighted by Crippen LogP contribution is 2.21. The Labute approximate surface area is 135 Å². The van der Waals surface area contributed by atoms with Crippen molar-refractivity contribution in [3.63, 3.8) is 0 Å². The summed E-state index contributed by atoms with van der Waals surface area (Å²) in [5.41, 5.74) is 2.02. The first-order valence-electron chi connectivity index (χ1n) is 8.03. The van der Waals surface area contributed by atoms with E-state index in [-0.39, 0.29) is 12.5 Å². The number of amides is 1. The number of rotatable bonds is 5. The molecule has 3 rings (SSSR count). The fraction of sp³-hybridized carbons (Fsp3) is 0.412. The van der Waals surface area contributed by atoms with E-state index in [0.29, 0.717) is 11.6 Å². The second kappa shape index (κ2) is 7.17. The summed E-state index contributed by atoms with van der Waals surface area (Å²) in [6.45, 7) is 4.20. The number of anilines is 3. The molecule has 0 spiro atoms. The Morgan fingerprint density at radius 1 is 1.22 bits per heavy atom. The lowest BCUT2D eigenvalue weighted by atomic mass is 10.1. The highest BCUT2D eigenvalue weighted by molar-refractivity contribution is 5.93. The molecule has 2 aromatic rings. The molecule has 1 aliphatic rings. The van der Waals surface area contributed by atoms with Crippen molar-refractivity contribution in [3.8, 4) is 0 Å². The van der Waals surface area contributed by atoms with Crippen LogP contribution in [0, 0.1) is 6.92 Å². The molecule has 6 nitrogen and oxygen atoms in total. The zero-order valence-corrected chi connectivity index (χ0v) is 13.3. The maximum absolute atomic E-state index is 11.9. The van der Waals surface area contributed by atoms with Gasteiger partial charge in [0, 0.05) is 30.5 Å². The summed E-state index contributed by atoms with van der Waals surface area (Å²) in [6, 6.07) is 9.77. The van der Waals surface area contributed by atoms with Crippen molar-refractivity contribution < 1.29 is 9.32 Å². The first-order valence-corrected chi connectivity index (χ1v) is 8.03. The van der Waals surface area contributed by atoms with Crippen LogP contribution in [0.5, 0.6) is 0 Å². The molecule has 1 amide bonds. The molecule has 2 heterocycles. The SMILES string of the molecule is Cc1cc(NCC(=O)Nc2ccc(N3CCCCC3)cc2)no1. The number of aromatic nitrogens is 1. The van der Waals surface area contributed by atoms with Crippen molar-refractivity contribution >= 4 is 23.1 Å². The van der Waals surface area contributed by atoms with Gasteiger partial charge in [-0.25, -0.2) is 0 Å². The Bertz CT molecular complexity index is 645. The molecule has 0 saturated carbocycles. The average Bonchev–Trinajstić information content (AvgIpc) is 3.00. The molecule has 2 N–H and O–H groups in total. The number of carbonyl (C=O) groups is 1. The number of aryl methyl sites for hydroxylation is 1. The van der Waals surface area contributed by atoms with Crippen molar-refractivity contribution in [2.75, 3.05) is 35.2 Å². The van der Waals surface area contributed by atoms with E-state index >= 15 is 0 Å². The average molecular weight is 314 g/mol. The summed E-state index contributed by atoms with van der Waals surface area (Å²) >= 11 is 0. The summed E-state index contributed by atoms with van der Waals surface area (Å²) in [6.07, 6.45) is 3.83. The van der Waals surface area contributed by atoms with E-state index in [9.17, 15) is 4.79 Å². The van der Waals surface area contributed by atoms with E-state index in [1.165, 1.54) is 24.9 Å². The van der Waals surface area contributed by atoms with Gasteiger partial charge in [0.25, 0.3) is 0 Å². The van der Waals surface area contributed by atoms with E-state index in [1.807, 2.05) is 19.1 Å². The van der Waals surface area contributed by atoms with Crippen LogP contribution in [0.2, 0.25) is 0 Å². The molecular weight excluding hydrogens is 292 g/mol. The lowest BCUT2D eigenvalue weighted by Gasteiger charge is -2.28. The van der Waals surface area contributed by atoms with Gasteiger partial charge in [-0.05, 0) is 50.5 Å². The van der Waals surface area contributed by atoms with Crippen LogP contribution in [0.1, 0.15) is 25.0 Å². The number of carbonyl (C=O) groups excluding carboxylic acids is 1. The standard InChI is InChI=1S/C17H22N4O2/c1-13-11-16(20-23-13)18-12-17(22)19-14-5-7-15(8-6-14)21-9-3-2-4-10-21/h5-8,11H,2-4,9-10,12H2,1H3,(H,18,20)(H,19,22). The first-order chi connectivity index (χ1) is 11.2. The van der Waals surface area contributed by atoms with Gasteiger partial charge < -0.3 is 20.1 Å². The molecule has 1 saturated heterocycles. The summed E-state index contributed by atoms with van der Waals surface area (Å²) in [4.78, 5) is 14.3. The molecule has 1 aromatic heterocycles. The minimum absolute atomic E-state index is 0.114. The number of hydrogen-bond acceptors (Lipinski definition) is 5. The Morgan fingerprint density at radius 3 is 2.61 bits per heavy atom. The normalized spacial score (nSPS) is 14.6. The fourth-order valence-corrected chi connectivity index (χ4v) is 2.73. The van der Waals surface area contributed by atoms with Gasteiger partial charge in [-0.15, -0.1) is 0 Å². The summed E-state index contributed by atoms with van der Waals surface area (Å²) < 4.78 is 4.94. The smallest absolute Gasteiger partial charge is 0.243 e. The molecule has 0 aliphatic carbocycles. The second-order valence-corrected chi connectivity index (χ2v) is 5.82. The van der Waals surface area contributed by atoms with Crippen LogP contribution in [-0.2, 0) is 4.79 Å². The number of benzene rings is 1. The van der Waals surface area contributed by atoms with Gasteiger partial charge >= 0.3 is 0 Å². The summed E-state index contributed by atoms with van der Waals surface area (Å²) in [5, 5.41) is 9.58. The highest BCUT2D eigenvalue weighted by atomic mass is 16.5. The molecule has 0 unspecified atom stereocenters. The van der Waals surface area contributed by atoms with Gasteiger partial charge in [0.05, 0.1) is 6.54 Å². The third kappa shape index (κ3) is 4.25. The van der Waals surface area contributed by atoms with E-state index in [2.05, 4.69) is 32.8 Å². The number of piperidine rings is 1. The Balaban J connectivity index is 1.50. The fourth-order valence-electron chi connectivity index (χ4n) is 2.73. The van der Waals surface area contributed by atoms with Gasteiger partial charge in [0.1, 0.15) is 5.76 Å². The summed E-state index contributed by atoms with van der Waals surface area (Å²) in [5.74, 6) is 1.16. The van der Waals surface area contributed by atoms with Crippen LogP contribution in [-0.4, -0.2) is 30.7 Å². The van der Waals surface area contributed by atoms with E-state index in [1.54, 1.807) is 6.07 Å².